The maximum atomic E-state index is 5.54. The molecular weight excluding hydrogens is 256 g/mol. The Hall–Kier alpha value is -1.46. The molecule has 0 aliphatic carbocycles. The first-order chi connectivity index (χ1) is 9.19. The molecule has 19 heavy (non-hydrogen) atoms. The molecule has 2 rings (SSSR count). The quantitative estimate of drug-likeness (QED) is 0.849. The van der Waals surface area contributed by atoms with E-state index >= 15 is 0 Å². The Morgan fingerprint density at radius 1 is 1.37 bits per heavy atom. The van der Waals surface area contributed by atoms with Crippen molar-refractivity contribution in [1.82, 2.24) is 9.36 Å². The van der Waals surface area contributed by atoms with Crippen LogP contribution in [-0.4, -0.2) is 15.9 Å². The van der Waals surface area contributed by atoms with Crippen LogP contribution in [0.4, 0.5) is 10.8 Å². The van der Waals surface area contributed by atoms with E-state index in [-0.39, 0.29) is 0 Å². The standard InChI is InChI=1S/C14H20N4S/c1-10(2)13-17-14(19-18-13)16-12-7-3-5-11(9-12)6-4-8-15/h3,5,7,9-10H,4,6,8,15H2,1-2H3,(H,16,17,18). The smallest absolute Gasteiger partial charge is 0.207 e. The van der Waals surface area contributed by atoms with Crippen LogP contribution in [0.15, 0.2) is 24.3 Å². The van der Waals surface area contributed by atoms with E-state index in [0.29, 0.717) is 5.92 Å². The topological polar surface area (TPSA) is 63.8 Å². The minimum absolute atomic E-state index is 0.364. The third-order valence-electron chi connectivity index (χ3n) is 2.81. The summed E-state index contributed by atoms with van der Waals surface area (Å²) >= 11 is 1.40. The lowest BCUT2D eigenvalue weighted by Gasteiger charge is -2.05. The monoisotopic (exact) mass is 276 g/mol. The molecule has 0 fully saturated rings. The van der Waals surface area contributed by atoms with Crippen LogP contribution in [0.5, 0.6) is 0 Å². The first-order valence-electron chi connectivity index (χ1n) is 6.58. The lowest BCUT2D eigenvalue weighted by Crippen LogP contribution is -2.00. The molecule has 0 aliphatic rings. The highest BCUT2D eigenvalue weighted by Crippen LogP contribution is 2.22. The predicted molar refractivity (Wildman–Crippen MR) is 81.1 cm³/mol. The van der Waals surface area contributed by atoms with E-state index in [1.54, 1.807) is 0 Å². The Labute approximate surface area is 118 Å². The second kappa shape index (κ2) is 6.63. The fourth-order valence-corrected chi connectivity index (χ4v) is 2.48. The van der Waals surface area contributed by atoms with Gasteiger partial charge in [-0.1, -0.05) is 26.0 Å². The zero-order valence-electron chi connectivity index (χ0n) is 11.4. The SMILES string of the molecule is CC(C)c1nsc(Nc2cccc(CCCN)c2)n1. The van der Waals surface area contributed by atoms with Gasteiger partial charge in [0.1, 0.15) is 5.82 Å². The maximum absolute atomic E-state index is 5.54. The molecule has 0 atom stereocenters. The number of nitrogens with two attached hydrogens (primary N) is 1. The summed E-state index contributed by atoms with van der Waals surface area (Å²) in [7, 11) is 0. The van der Waals surface area contributed by atoms with Gasteiger partial charge in [0.25, 0.3) is 0 Å². The Morgan fingerprint density at radius 3 is 2.89 bits per heavy atom. The van der Waals surface area contributed by atoms with Crippen molar-refractivity contribution in [2.24, 2.45) is 5.73 Å². The first kappa shape index (κ1) is 14.0. The van der Waals surface area contributed by atoms with Gasteiger partial charge in [0.15, 0.2) is 0 Å². The molecular formula is C14H20N4S. The van der Waals surface area contributed by atoms with Crippen LogP contribution in [0.2, 0.25) is 0 Å². The molecule has 2 aromatic rings. The fourth-order valence-electron chi connectivity index (χ4n) is 1.75. The van der Waals surface area contributed by atoms with E-state index in [1.807, 2.05) is 6.07 Å². The molecule has 1 aromatic heterocycles. The fraction of sp³-hybridized carbons (Fsp3) is 0.429. The molecule has 0 saturated heterocycles. The second-order valence-electron chi connectivity index (χ2n) is 4.83. The summed E-state index contributed by atoms with van der Waals surface area (Å²) in [6.07, 6.45) is 2.03. The van der Waals surface area contributed by atoms with Gasteiger partial charge in [-0.2, -0.15) is 4.37 Å². The lowest BCUT2D eigenvalue weighted by atomic mass is 10.1. The molecule has 0 spiro atoms. The van der Waals surface area contributed by atoms with Crippen LogP contribution in [-0.2, 0) is 6.42 Å². The Bertz CT molecular complexity index is 522. The molecule has 0 unspecified atom stereocenters. The summed E-state index contributed by atoms with van der Waals surface area (Å²) in [5.74, 6) is 1.26. The molecule has 0 amide bonds. The average Bonchev–Trinajstić information content (AvgIpc) is 2.85. The summed E-state index contributed by atoms with van der Waals surface area (Å²) in [6, 6.07) is 8.37. The molecule has 0 aliphatic heterocycles. The first-order valence-corrected chi connectivity index (χ1v) is 7.36. The molecule has 0 saturated carbocycles. The molecule has 5 heteroatoms. The maximum Gasteiger partial charge on any atom is 0.207 e. The summed E-state index contributed by atoms with van der Waals surface area (Å²) < 4.78 is 4.34. The number of hydrogen-bond donors (Lipinski definition) is 2. The van der Waals surface area contributed by atoms with Gasteiger partial charge in [-0.25, -0.2) is 4.98 Å². The number of anilines is 2. The Balaban J connectivity index is 2.05. The van der Waals surface area contributed by atoms with Gasteiger partial charge in [-0.05, 0) is 37.1 Å². The van der Waals surface area contributed by atoms with Gasteiger partial charge >= 0.3 is 0 Å². The zero-order chi connectivity index (χ0) is 13.7. The van der Waals surface area contributed by atoms with E-state index in [2.05, 4.69) is 46.7 Å². The second-order valence-corrected chi connectivity index (χ2v) is 5.58. The number of aryl methyl sites for hydroxylation is 1. The summed E-state index contributed by atoms with van der Waals surface area (Å²) in [4.78, 5) is 4.47. The number of hydrogen-bond acceptors (Lipinski definition) is 5. The van der Waals surface area contributed by atoms with Crippen molar-refractivity contribution in [3.63, 3.8) is 0 Å². The van der Waals surface area contributed by atoms with E-state index in [9.17, 15) is 0 Å². The van der Waals surface area contributed by atoms with E-state index in [0.717, 1.165) is 36.0 Å². The van der Waals surface area contributed by atoms with Crippen molar-refractivity contribution in [2.45, 2.75) is 32.6 Å². The van der Waals surface area contributed by atoms with Crippen LogP contribution < -0.4 is 11.1 Å². The van der Waals surface area contributed by atoms with Gasteiger partial charge in [0, 0.05) is 23.1 Å². The van der Waals surface area contributed by atoms with Crippen molar-refractivity contribution >= 4 is 22.4 Å². The van der Waals surface area contributed by atoms with Crippen LogP contribution in [0.25, 0.3) is 0 Å². The van der Waals surface area contributed by atoms with Crippen molar-refractivity contribution in [1.29, 1.82) is 0 Å². The van der Waals surface area contributed by atoms with E-state index in [1.165, 1.54) is 17.1 Å². The van der Waals surface area contributed by atoms with Crippen molar-refractivity contribution in [3.05, 3.63) is 35.7 Å². The highest BCUT2D eigenvalue weighted by molar-refractivity contribution is 7.09. The van der Waals surface area contributed by atoms with Crippen molar-refractivity contribution < 1.29 is 0 Å². The van der Waals surface area contributed by atoms with E-state index in [4.69, 9.17) is 5.73 Å². The van der Waals surface area contributed by atoms with Crippen LogP contribution in [0, 0.1) is 0 Å². The van der Waals surface area contributed by atoms with Gasteiger partial charge in [-0.3, -0.25) is 0 Å². The molecule has 0 bridgehead atoms. The number of aromatic nitrogens is 2. The summed E-state index contributed by atoms with van der Waals surface area (Å²) in [5, 5.41) is 4.16. The third-order valence-corrected chi connectivity index (χ3v) is 3.45. The molecule has 102 valence electrons. The Kier molecular flexibility index (Phi) is 4.87. The molecule has 0 radical (unpaired) electrons. The molecule has 4 nitrogen and oxygen atoms in total. The largest absolute Gasteiger partial charge is 0.330 e. The normalized spacial score (nSPS) is 10.9. The van der Waals surface area contributed by atoms with Gasteiger partial charge in [0.05, 0.1) is 0 Å². The number of nitrogens with one attached hydrogen (secondary N) is 1. The molecule has 1 aromatic carbocycles. The van der Waals surface area contributed by atoms with Crippen LogP contribution >= 0.6 is 11.5 Å². The number of rotatable bonds is 6. The van der Waals surface area contributed by atoms with Crippen LogP contribution in [0.1, 0.15) is 37.6 Å². The minimum Gasteiger partial charge on any atom is -0.330 e. The minimum atomic E-state index is 0.364. The Morgan fingerprint density at radius 2 is 2.21 bits per heavy atom. The molecule has 1 heterocycles. The summed E-state index contributed by atoms with van der Waals surface area (Å²) in [5.41, 5.74) is 7.89. The van der Waals surface area contributed by atoms with Gasteiger partial charge in [-0.15, -0.1) is 0 Å². The summed E-state index contributed by atoms with van der Waals surface area (Å²) in [6.45, 7) is 4.92. The highest BCUT2D eigenvalue weighted by atomic mass is 32.1. The van der Waals surface area contributed by atoms with Crippen LogP contribution in [0.3, 0.4) is 0 Å². The third kappa shape index (κ3) is 4.01. The van der Waals surface area contributed by atoms with Gasteiger partial charge < -0.3 is 11.1 Å². The van der Waals surface area contributed by atoms with Crippen molar-refractivity contribution in [2.75, 3.05) is 11.9 Å². The highest BCUT2D eigenvalue weighted by Gasteiger charge is 2.07. The number of benzene rings is 1. The number of nitrogens with zero attached hydrogens (tertiary/aromatic N) is 2. The van der Waals surface area contributed by atoms with Crippen molar-refractivity contribution in [3.8, 4) is 0 Å². The zero-order valence-corrected chi connectivity index (χ0v) is 12.2. The average molecular weight is 276 g/mol. The lowest BCUT2D eigenvalue weighted by molar-refractivity contribution is 0.800. The predicted octanol–water partition coefficient (Wildman–Crippen LogP) is 3.30. The molecule has 3 N–H and O–H groups in total. The van der Waals surface area contributed by atoms with Gasteiger partial charge in [0.2, 0.25) is 5.13 Å². The van der Waals surface area contributed by atoms with E-state index < -0.39 is 0 Å².